The molecule has 1 heterocycles. The molecule has 0 aliphatic carbocycles. The van der Waals surface area contributed by atoms with Gasteiger partial charge in [-0.2, -0.15) is 0 Å². The van der Waals surface area contributed by atoms with Crippen molar-refractivity contribution in [3.8, 4) is 0 Å². The first-order valence-electron chi connectivity index (χ1n) is 4.42. The summed E-state index contributed by atoms with van der Waals surface area (Å²) < 4.78 is 0. The van der Waals surface area contributed by atoms with E-state index in [1.807, 2.05) is 0 Å². The van der Waals surface area contributed by atoms with Crippen LogP contribution in [0.25, 0.3) is 0 Å². The van der Waals surface area contributed by atoms with Crippen LogP contribution in [0.4, 0.5) is 0 Å². The summed E-state index contributed by atoms with van der Waals surface area (Å²) in [5.41, 5.74) is 2.44. The lowest BCUT2D eigenvalue weighted by Crippen LogP contribution is -2.45. The van der Waals surface area contributed by atoms with Crippen LogP contribution in [0, 0.1) is 0 Å². The van der Waals surface area contributed by atoms with Crippen molar-refractivity contribution in [3.05, 3.63) is 12.3 Å². The van der Waals surface area contributed by atoms with Crippen LogP contribution >= 0.6 is 0 Å². The molecule has 0 amide bonds. The Morgan fingerprint density at radius 3 is 2.87 bits per heavy atom. The van der Waals surface area contributed by atoms with E-state index in [1.54, 1.807) is 5.01 Å². The molecule has 1 aliphatic heterocycles. The van der Waals surface area contributed by atoms with Crippen LogP contribution < -0.4 is 11.3 Å². The number of rotatable bonds is 5. The van der Waals surface area contributed by atoms with Crippen LogP contribution in [-0.2, 0) is 17.5 Å². The standard InChI is InChI=1S/C7H16N4O3S/c1-5(14-13)4-6-10(2-3-12)9-7(15)11(6)8/h6-7,9,12-13,15H,1-4,8H2/p-1. The highest BCUT2D eigenvalue weighted by molar-refractivity contribution is 7.59. The Morgan fingerprint density at radius 2 is 2.33 bits per heavy atom. The van der Waals surface area contributed by atoms with E-state index in [2.05, 4.69) is 16.9 Å². The van der Waals surface area contributed by atoms with Gasteiger partial charge in [-0.15, -0.1) is 0 Å². The van der Waals surface area contributed by atoms with Gasteiger partial charge in [0.2, 0.25) is 0 Å². The van der Waals surface area contributed by atoms with Crippen LogP contribution in [0.2, 0.25) is 0 Å². The molecule has 15 heavy (non-hydrogen) atoms. The topological polar surface area (TPSA) is 94.2 Å². The summed E-state index contributed by atoms with van der Waals surface area (Å²) in [6.07, 6.45) is 0.00644. The largest absolute Gasteiger partial charge is 0.756 e. The van der Waals surface area contributed by atoms with E-state index in [9.17, 15) is 0 Å². The van der Waals surface area contributed by atoms with Crippen molar-refractivity contribution in [2.45, 2.75) is 18.1 Å². The van der Waals surface area contributed by atoms with Crippen LogP contribution in [0.15, 0.2) is 12.3 Å². The predicted octanol–water partition coefficient (Wildman–Crippen LogP) is -1.48. The minimum absolute atomic E-state index is 0.0220. The van der Waals surface area contributed by atoms with Gasteiger partial charge in [-0.3, -0.25) is 11.3 Å². The number of nitrogens with one attached hydrogen (secondary N) is 1. The zero-order chi connectivity index (χ0) is 11.4. The number of hydrogen-bond acceptors (Lipinski definition) is 8. The highest BCUT2D eigenvalue weighted by Gasteiger charge is 2.31. The van der Waals surface area contributed by atoms with E-state index < -0.39 is 5.50 Å². The number of nitrogens with zero attached hydrogens (tertiary/aromatic N) is 2. The third-order valence-corrected chi connectivity index (χ3v) is 2.48. The molecule has 0 spiro atoms. The Kier molecular flexibility index (Phi) is 4.80. The Morgan fingerprint density at radius 1 is 1.67 bits per heavy atom. The van der Waals surface area contributed by atoms with Crippen molar-refractivity contribution in [2.24, 2.45) is 5.84 Å². The zero-order valence-electron chi connectivity index (χ0n) is 8.17. The first kappa shape index (κ1) is 12.7. The van der Waals surface area contributed by atoms with Crippen LogP contribution in [0.5, 0.6) is 0 Å². The van der Waals surface area contributed by atoms with Gasteiger partial charge >= 0.3 is 0 Å². The van der Waals surface area contributed by atoms with E-state index in [1.165, 1.54) is 5.01 Å². The van der Waals surface area contributed by atoms with Crippen molar-refractivity contribution in [3.63, 3.8) is 0 Å². The van der Waals surface area contributed by atoms with Crippen molar-refractivity contribution in [1.29, 1.82) is 0 Å². The lowest BCUT2D eigenvalue weighted by Gasteiger charge is -2.28. The number of hydrogen-bond donors (Lipinski definition) is 4. The van der Waals surface area contributed by atoms with Crippen molar-refractivity contribution in [2.75, 3.05) is 13.2 Å². The Balaban J connectivity index is 2.59. The number of β-amino-alcohol motifs (C(OH)–C–C–N with tert-alkyl or cyclic N) is 1. The van der Waals surface area contributed by atoms with Gasteiger partial charge in [0.05, 0.1) is 12.8 Å². The van der Waals surface area contributed by atoms with E-state index in [-0.39, 0.29) is 18.5 Å². The zero-order valence-corrected chi connectivity index (χ0v) is 8.98. The fraction of sp³-hybridized carbons (Fsp3) is 0.714. The quantitative estimate of drug-likeness (QED) is 0.151. The summed E-state index contributed by atoms with van der Waals surface area (Å²) in [5, 5.41) is 20.3. The van der Waals surface area contributed by atoms with Gasteiger partial charge in [0, 0.05) is 13.0 Å². The smallest absolute Gasteiger partial charge is 0.138 e. The molecular formula is C7H15N4O3S-. The van der Waals surface area contributed by atoms with Crippen LogP contribution in [-0.4, -0.2) is 45.2 Å². The molecule has 0 radical (unpaired) electrons. The molecule has 1 saturated heterocycles. The van der Waals surface area contributed by atoms with Crippen molar-refractivity contribution < 1.29 is 15.3 Å². The minimum Gasteiger partial charge on any atom is -0.756 e. The Hall–Kier alpha value is -0.350. The van der Waals surface area contributed by atoms with Crippen LogP contribution in [0.1, 0.15) is 6.42 Å². The van der Waals surface area contributed by atoms with Gasteiger partial charge in [0.15, 0.2) is 0 Å². The first-order chi connectivity index (χ1) is 7.10. The minimum atomic E-state index is -0.451. The second kappa shape index (κ2) is 5.66. The summed E-state index contributed by atoms with van der Waals surface area (Å²) in [4.78, 5) is 3.99. The fourth-order valence-corrected chi connectivity index (χ4v) is 1.67. The molecule has 88 valence electrons. The number of aliphatic hydroxyl groups excluding tert-OH is 1. The number of aliphatic hydroxyl groups is 1. The fourth-order valence-electron chi connectivity index (χ4n) is 1.39. The van der Waals surface area contributed by atoms with Gasteiger partial charge in [0.1, 0.15) is 5.76 Å². The molecule has 1 rings (SSSR count). The molecule has 8 heteroatoms. The van der Waals surface area contributed by atoms with E-state index in [4.69, 9.17) is 28.8 Å². The second-order valence-corrected chi connectivity index (χ2v) is 3.61. The molecule has 2 atom stereocenters. The SMILES string of the molecule is C=C(CC1N(CCO)NC([S-])N1N)OO. The molecule has 1 fully saturated rings. The molecule has 1 aliphatic rings. The lowest BCUT2D eigenvalue weighted by atomic mass is 10.3. The highest BCUT2D eigenvalue weighted by atomic mass is 32.1. The van der Waals surface area contributed by atoms with Gasteiger partial charge in [-0.25, -0.2) is 15.3 Å². The molecule has 5 N–H and O–H groups in total. The Bertz CT molecular complexity index is 230. The maximum Gasteiger partial charge on any atom is 0.138 e. The second-order valence-electron chi connectivity index (χ2n) is 3.16. The van der Waals surface area contributed by atoms with E-state index in [0.717, 1.165) is 0 Å². The van der Waals surface area contributed by atoms with E-state index in [0.29, 0.717) is 13.0 Å². The van der Waals surface area contributed by atoms with Gasteiger partial charge in [-0.05, 0) is 5.50 Å². The molecule has 0 bridgehead atoms. The van der Waals surface area contributed by atoms with Crippen molar-refractivity contribution in [1.82, 2.24) is 15.4 Å². The molecule has 0 saturated carbocycles. The molecule has 2 unspecified atom stereocenters. The van der Waals surface area contributed by atoms with Gasteiger partial charge < -0.3 is 22.6 Å². The number of nitrogens with two attached hydrogens (primary N) is 1. The summed E-state index contributed by atoms with van der Waals surface area (Å²) in [6.45, 7) is 3.84. The number of hydrazine groups is 2. The monoisotopic (exact) mass is 235 g/mol. The molecule has 0 aromatic heterocycles. The molecular weight excluding hydrogens is 220 g/mol. The average molecular weight is 235 g/mol. The van der Waals surface area contributed by atoms with Gasteiger partial charge in [0.25, 0.3) is 0 Å². The molecule has 0 aromatic rings. The van der Waals surface area contributed by atoms with Gasteiger partial charge in [-0.1, -0.05) is 6.58 Å². The predicted molar refractivity (Wildman–Crippen MR) is 55.4 cm³/mol. The van der Waals surface area contributed by atoms with E-state index >= 15 is 0 Å². The first-order valence-corrected chi connectivity index (χ1v) is 4.89. The maximum absolute atomic E-state index is 8.83. The molecule has 7 nitrogen and oxygen atoms in total. The molecule has 0 aromatic carbocycles. The average Bonchev–Trinajstić information content (AvgIpc) is 2.46. The summed E-state index contributed by atoms with van der Waals surface area (Å²) in [7, 11) is 0. The third kappa shape index (κ3) is 3.05. The summed E-state index contributed by atoms with van der Waals surface area (Å²) in [5.74, 6) is 5.90. The summed E-state index contributed by atoms with van der Waals surface area (Å²) in [6, 6.07) is 0. The Labute approximate surface area is 93.4 Å². The maximum atomic E-state index is 8.83. The van der Waals surface area contributed by atoms with Crippen molar-refractivity contribution >= 4 is 12.6 Å². The summed E-state index contributed by atoms with van der Waals surface area (Å²) >= 11 is 5.02. The highest BCUT2D eigenvalue weighted by Crippen LogP contribution is 2.17. The lowest BCUT2D eigenvalue weighted by molar-refractivity contribution is -0.207. The van der Waals surface area contributed by atoms with Crippen LogP contribution in [0.3, 0.4) is 0 Å². The normalized spacial score (nSPS) is 28.3. The third-order valence-electron chi connectivity index (χ3n) is 2.13.